The number of thioether (sulfide) groups is 1. The van der Waals surface area contributed by atoms with E-state index in [1.54, 1.807) is 17.8 Å². The van der Waals surface area contributed by atoms with Crippen LogP contribution in [0.1, 0.15) is 12.2 Å². The molecule has 1 rings (SSSR count). The van der Waals surface area contributed by atoms with Crippen molar-refractivity contribution in [1.82, 2.24) is 5.32 Å². The smallest absolute Gasteiger partial charge is 0.193 e. The first-order valence-corrected chi connectivity index (χ1v) is 6.39. The Labute approximate surface area is 99.2 Å². The molecule has 2 N–H and O–H groups in total. The van der Waals surface area contributed by atoms with Crippen LogP contribution in [0.15, 0.2) is 16.5 Å². The molecule has 0 saturated heterocycles. The largest absolute Gasteiger partial charge is 0.449 e. The normalized spacial score (nSPS) is 13.0. The van der Waals surface area contributed by atoms with Crippen molar-refractivity contribution in [3.8, 4) is 0 Å². The second-order valence-electron chi connectivity index (χ2n) is 3.22. The zero-order valence-corrected chi connectivity index (χ0v) is 10.3. The van der Waals surface area contributed by atoms with E-state index in [0.29, 0.717) is 11.3 Å². The van der Waals surface area contributed by atoms with Crippen LogP contribution in [0.5, 0.6) is 0 Å². The molecule has 0 spiro atoms. The highest BCUT2D eigenvalue weighted by Crippen LogP contribution is 2.19. The van der Waals surface area contributed by atoms with Crippen molar-refractivity contribution in [1.29, 1.82) is 0 Å². The Morgan fingerprint density at radius 2 is 2.40 bits per heavy atom. The van der Waals surface area contributed by atoms with Crippen molar-refractivity contribution in [2.45, 2.75) is 18.2 Å². The van der Waals surface area contributed by atoms with Crippen molar-refractivity contribution in [2.24, 2.45) is 0 Å². The molecule has 1 unspecified atom stereocenters. The van der Waals surface area contributed by atoms with E-state index in [1.165, 1.54) is 0 Å². The lowest BCUT2D eigenvalue weighted by Crippen LogP contribution is -2.28. The number of rotatable bonds is 7. The molecule has 5 heteroatoms. The van der Waals surface area contributed by atoms with E-state index in [2.05, 4.69) is 5.32 Å². The van der Waals surface area contributed by atoms with Gasteiger partial charge in [-0.3, -0.25) is 0 Å². The maximum absolute atomic E-state index is 8.80. The van der Waals surface area contributed by atoms with Gasteiger partial charge in [0.1, 0.15) is 5.76 Å². The van der Waals surface area contributed by atoms with E-state index in [-0.39, 0.29) is 6.61 Å². The lowest BCUT2D eigenvalue weighted by molar-refractivity contribution is 0.273. The van der Waals surface area contributed by atoms with E-state index >= 15 is 0 Å². The van der Waals surface area contributed by atoms with Gasteiger partial charge in [0.25, 0.3) is 0 Å². The van der Waals surface area contributed by atoms with Gasteiger partial charge in [-0.1, -0.05) is 0 Å². The van der Waals surface area contributed by atoms with Gasteiger partial charge in [-0.25, -0.2) is 0 Å². The van der Waals surface area contributed by atoms with Crippen LogP contribution in [-0.4, -0.2) is 30.6 Å². The quantitative estimate of drug-likeness (QED) is 0.777. The van der Waals surface area contributed by atoms with Gasteiger partial charge < -0.3 is 14.8 Å². The van der Waals surface area contributed by atoms with Crippen molar-refractivity contribution in [3.05, 3.63) is 23.1 Å². The van der Waals surface area contributed by atoms with Gasteiger partial charge in [0.05, 0.1) is 5.75 Å². The van der Waals surface area contributed by atoms with Crippen LogP contribution in [0.4, 0.5) is 0 Å². The standard InChI is InChI=1S/C10H16ClNO2S/c1-12-8(4-5-13)6-15-7-9-2-3-10(11)14-9/h2-3,8,12-13H,4-7H2,1H3. The first-order valence-electron chi connectivity index (χ1n) is 4.86. The summed E-state index contributed by atoms with van der Waals surface area (Å²) in [6.45, 7) is 0.221. The average Bonchev–Trinajstić information content (AvgIpc) is 2.63. The van der Waals surface area contributed by atoms with E-state index in [1.807, 2.05) is 13.1 Å². The second-order valence-corrected chi connectivity index (χ2v) is 4.62. The minimum Gasteiger partial charge on any atom is -0.449 e. The summed E-state index contributed by atoms with van der Waals surface area (Å²) in [6, 6.07) is 3.99. The van der Waals surface area contributed by atoms with Crippen LogP contribution < -0.4 is 5.32 Å². The van der Waals surface area contributed by atoms with Crippen LogP contribution in [-0.2, 0) is 5.75 Å². The number of hydrogen-bond donors (Lipinski definition) is 2. The minimum absolute atomic E-state index is 0.221. The predicted molar refractivity (Wildman–Crippen MR) is 64.4 cm³/mol. The van der Waals surface area contributed by atoms with Gasteiger partial charge in [-0.2, -0.15) is 11.8 Å². The number of aliphatic hydroxyl groups excluding tert-OH is 1. The van der Waals surface area contributed by atoms with Crippen molar-refractivity contribution in [3.63, 3.8) is 0 Å². The van der Waals surface area contributed by atoms with Gasteiger partial charge in [-0.05, 0) is 37.2 Å². The fourth-order valence-corrected chi connectivity index (χ4v) is 2.45. The third kappa shape index (κ3) is 4.93. The number of hydrogen-bond acceptors (Lipinski definition) is 4. The Morgan fingerprint density at radius 1 is 1.60 bits per heavy atom. The van der Waals surface area contributed by atoms with Gasteiger partial charge in [0, 0.05) is 18.4 Å². The van der Waals surface area contributed by atoms with Crippen LogP contribution >= 0.6 is 23.4 Å². The van der Waals surface area contributed by atoms with Crippen LogP contribution in [0, 0.1) is 0 Å². The first kappa shape index (κ1) is 12.9. The van der Waals surface area contributed by atoms with Crippen molar-refractivity contribution >= 4 is 23.4 Å². The Balaban J connectivity index is 2.20. The van der Waals surface area contributed by atoms with Gasteiger partial charge in [0.2, 0.25) is 0 Å². The third-order valence-electron chi connectivity index (χ3n) is 2.08. The van der Waals surface area contributed by atoms with Crippen LogP contribution in [0.3, 0.4) is 0 Å². The number of halogens is 1. The van der Waals surface area contributed by atoms with Crippen LogP contribution in [0.25, 0.3) is 0 Å². The topological polar surface area (TPSA) is 45.4 Å². The average molecular weight is 250 g/mol. The molecule has 0 aliphatic heterocycles. The zero-order valence-electron chi connectivity index (χ0n) is 8.70. The molecule has 0 aliphatic rings. The Bertz CT molecular complexity index is 280. The molecular weight excluding hydrogens is 234 g/mol. The van der Waals surface area contributed by atoms with Crippen molar-refractivity contribution < 1.29 is 9.52 Å². The molecule has 0 radical (unpaired) electrons. The Morgan fingerprint density at radius 3 is 2.93 bits per heavy atom. The summed E-state index contributed by atoms with van der Waals surface area (Å²) in [5.74, 6) is 2.66. The number of nitrogens with one attached hydrogen (secondary N) is 1. The molecule has 1 aromatic rings. The van der Waals surface area contributed by atoms with Crippen molar-refractivity contribution in [2.75, 3.05) is 19.4 Å². The highest BCUT2D eigenvalue weighted by Gasteiger charge is 2.06. The molecular formula is C10H16ClNO2S. The number of aliphatic hydroxyl groups is 1. The summed E-state index contributed by atoms with van der Waals surface area (Å²) >= 11 is 7.42. The maximum atomic E-state index is 8.80. The van der Waals surface area contributed by atoms with E-state index in [0.717, 1.165) is 23.7 Å². The molecule has 86 valence electrons. The fourth-order valence-electron chi connectivity index (χ4n) is 1.20. The molecule has 0 amide bonds. The summed E-state index contributed by atoms with van der Waals surface area (Å²) in [5.41, 5.74) is 0. The Kier molecular flexibility index (Phi) is 6.17. The number of furan rings is 1. The fraction of sp³-hybridized carbons (Fsp3) is 0.600. The zero-order chi connectivity index (χ0) is 11.1. The van der Waals surface area contributed by atoms with Gasteiger partial charge in [0.15, 0.2) is 5.22 Å². The summed E-state index contributed by atoms with van der Waals surface area (Å²) in [7, 11) is 1.91. The summed E-state index contributed by atoms with van der Waals surface area (Å²) in [5, 5.41) is 12.4. The van der Waals surface area contributed by atoms with Gasteiger partial charge >= 0.3 is 0 Å². The molecule has 0 saturated carbocycles. The molecule has 15 heavy (non-hydrogen) atoms. The van der Waals surface area contributed by atoms with Gasteiger partial charge in [-0.15, -0.1) is 0 Å². The monoisotopic (exact) mass is 249 g/mol. The van der Waals surface area contributed by atoms with Crippen LogP contribution in [0.2, 0.25) is 5.22 Å². The Hall–Kier alpha value is -0.160. The molecule has 0 fully saturated rings. The summed E-state index contributed by atoms with van der Waals surface area (Å²) < 4.78 is 5.23. The first-order chi connectivity index (χ1) is 7.26. The van der Waals surface area contributed by atoms with E-state index < -0.39 is 0 Å². The second kappa shape index (κ2) is 7.17. The SMILES string of the molecule is CNC(CCO)CSCc1ccc(Cl)o1. The molecule has 1 atom stereocenters. The molecule has 0 bridgehead atoms. The lowest BCUT2D eigenvalue weighted by atomic mass is 10.2. The van der Waals surface area contributed by atoms with E-state index in [4.69, 9.17) is 21.1 Å². The molecule has 1 aromatic heterocycles. The van der Waals surface area contributed by atoms with E-state index in [9.17, 15) is 0 Å². The highest BCUT2D eigenvalue weighted by molar-refractivity contribution is 7.98. The highest BCUT2D eigenvalue weighted by atomic mass is 35.5. The molecule has 3 nitrogen and oxygen atoms in total. The molecule has 0 aliphatic carbocycles. The lowest BCUT2D eigenvalue weighted by Gasteiger charge is -2.13. The summed E-state index contributed by atoms with van der Waals surface area (Å²) in [4.78, 5) is 0. The molecule has 1 heterocycles. The minimum atomic E-state index is 0.221. The summed E-state index contributed by atoms with van der Waals surface area (Å²) in [6.07, 6.45) is 0.780. The third-order valence-corrected chi connectivity index (χ3v) is 3.41. The predicted octanol–water partition coefficient (Wildman–Crippen LogP) is 2.14. The molecule has 0 aromatic carbocycles. The maximum Gasteiger partial charge on any atom is 0.193 e.